The van der Waals surface area contributed by atoms with Gasteiger partial charge in [-0.1, -0.05) is 54.7 Å². The molecule has 1 amide bonds. The summed E-state index contributed by atoms with van der Waals surface area (Å²) < 4.78 is 5.32. The van der Waals surface area contributed by atoms with Gasteiger partial charge in [-0.05, 0) is 47.1 Å². The third kappa shape index (κ3) is 3.97. The first-order valence-electron chi connectivity index (χ1n) is 8.28. The Bertz CT molecular complexity index is 966. The highest BCUT2D eigenvalue weighted by Crippen LogP contribution is 2.29. The largest absolute Gasteiger partial charge is 0.497 e. The minimum absolute atomic E-state index is 0.295. The lowest BCUT2D eigenvalue weighted by Crippen LogP contribution is -2.53. The molecular weight excluding hydrogens is 376 g/mol. The fraction of sp³-hybridized carbons (Fsp3) is 0.0952. The van der Waals surface area contributed by atoms with E-state index in [4.69, 9.17) is 29.2 Å². The lowest BCUT2D eigenvalue weighted by atomic mass is 9.97. The number of nitrogens with zero attached hydrogens (tertiary/aromatic N) is 1. The van der Waals surface area contributed by atoms with E-state index in [1.165, 1.54) is 0 Å². The Labute approximate surface area is 169 Å². The molecule has 0 bridgehead atoms. The van der Waals surface area contributed by atoms with Gasteiger partial charge in [0.15, 0.2) is 5.11 Å². The van der Waals surface area contributed by atoms with Crippen LogP contribution in [0.2, 0.25) is 0 Å². The Hall–Kier alpha value is -2.83. The van der Waals surface area contributed by atoms with Crippen LogP contribution >= 0.6 is 24.4 Å². The fourth-order valence-corrected chi connectivity index (χ4v) is 3.45. The zero-order valence-electron chi connectivity index (χ0n) is 14.8. The van der Waals surface area contributed by atoms with Crippen molar-refractivity contribution in [3.8, 4) is 16.9 Å². The molecule has 3 rings (SSSR count). The number of hydrogen-bond donors (Lipinski definition) is 1. The zero-order valence-corrected chi connectivity index (χ0v) is 16.4. The molecule has 0 aliphatic carbocycles. The summed E-state index contributed by atoms with van der Waals surface area (Å²) in [6.45, 7) is 4.15. The van der Waals surface area contributed by atoms with Crippen LogP contribution in [-0.4, -0.2) is 34.6 Å². The number of carbonyl (C=O) groups is 1. The van der Waals surface area contributed by atoms with Crippen molar-refractivity contribution in [3.05, 3.63) is 72.3 Å². The average Bonchev–Trinajstić information content (AvgIpc) is 2.68. The van der Waals surface area contributed by atoms with Crippen molar-refractivity contribution >= 4 is 46.5 Å². The van der Waals surface area contributed by atoms with Gasteiger partial charge in [0.05, 0.1) is 12.7 Å². The molecule has 2 aromatic carbocycles. The molecule has 136 valence electrons. The molecule has 0 radical (unpaired) electrons. The molecule has 0 spiro atoms. The van der Waals surface area contributed by atoms with Crippen molar-refractivity contribution < 1.29 is 9.53 Å². The second-order valence-electron chi connectivity index (χ2n) is 5.84. The third-order valence-corrected chi connectivity index (χ3v) is 4.90. The van der Waals surface area contributed by atoms with Gasteiger partial charge in [-0.2, -0.15) is 0 Å². The van der Waals surface area contributed by atoms with Crippen LogP contribution in [0.25, 0.3) is 17.2 Å². The number of nitrogens with one attached hydrogen (secondary N) is 1. The normalized spacial score (nSPS) is 15.7. The van der Waals surface area contributed by atoms with Crippen LogP contribution in [0.15, 0.2) is 66.8 Å². The predicted octanol–water partition coefficient (Wildman–Crippen LogP) is 3.98. The van der Waals surface area contributed by atoms with Crippen molar-refractivity contribution in [2.75, 3.05) is 13.7 Å². The highest BCUT2D eigenvalue weighted by atomic mass is 32.1. The van der Waals surface area contributed by atoms with Crippen LogP contribution in [0.1, 0.15) is 5.56 Å². The van der Waals surface area contributed by atoms with Crippen LogP contribution in [0, 0.1) is 0 Å². The molecule has 1 saturated heterocycles. The minimum atomic E-state index is -0.300. The van der Waals surface area contributed by atoms with Gasteiger partial charge in [-0.15, -0.1) is 6.58 Å². The second kappa shape index (κ2) is 8.24. The van der Waals surface area contributed by atoms with Crippen molar-refractivity contribution in [2.24, 2.45) is 0 Å². The maximum Gasteiger partial charge on any atom is 0.260 e. The Morgan fingerprint density at radius 3 is 2.70 bits per heavy atom. The molecule has 1 fully saturated rings. The predicted molar refractivity (Wildman–Crippen MR) is 117 cm³/mol. The number of methoxy groups -OCH3 is 1. The van der Waals surface area contributed by atoms with Gasteiger partial charge in [0.25, 0.3) is 5.91 Å². The summed E-state index contributed by atoms with van der Waals surface area (Å²) in [7, 11) is 1.63. The van der Waals surface area contributed by atoms with Crippen molar-refractivity contribution in [1.82, 2.24) is 10.2 Å². The van der Waals surface area contributed by atoms with Gasteiger partial charge >= 0.3 is 0 Å². The quantitative estimate of drug-likeness (QED) is 0.472. The maximum atomic E-state index is 12.5. The van der Waals surface area contributed by atoms with Crippen LogP contribution in [0.3, 0.4) is 0 Å². The molecule has 2 aromatic rings. The summed E-state index contributed by atoms with van der Waals surface area (Å²) >= 11 is 10.7. The van der Waals surface area contributed by atoms with Gasteiger partial charge in [-0.25, -0.2) is 0 Å². The van der Waals surface area contributed by atoms with Gasteiger partial charge in [0.2, 0.25) is 0 Å². The van der Waals surface area contributed by atoms with Crippen LogP contribution in [0.5, 0.6) is 5.75 Å². The number of carbonyl (C=O) groups excluding carboxylic acids is 1. The molecule has 1 aliphatic rings. The van der Waals surface area contributed by atoms with E-state index >= 15 is 0 Å². The number of hydrogen-bond acceptors (Lipinski definition) is 4. The van der Waals surface area contributed by atoms with Crippen molar-refractivity contribution in [3.63, 3.8) is 0 Å². The molecular formula is C21H18N2O2S2. The van der Waals surface area contributed by atoms with E-state index in [1.807, 2.05) is 48.5 Å². The summed E-state index contributed by atoms with van der Waals surface area (Å²) in [4.78, 5) is 14.6. The standard InChI is InChI=1S/C21H18N2O2S2/c1-3-11-23-20(26)18(19(24)22-21(23)27)13-15-7-4-5-10-17(15)14-8-6-9-16(12-14)25-2/h3-10,12-13H,1,11H2,2H3,(H,22,24,27). The Morgan fingerprint density at radius 1 is 1.19 bits per heavy atom. The molecule has 1 aliphatic heterocycles. The molecule has 4 nitrogen and oxygen atoms in total. The second-order valence-corrected chi connectivity index (χ2v) is 6.61. The molecule has 0 atom stereocenters. The summed E-state index contributed by atoms with van der Waals surface area (Å²) in [6.07, 6.45) is 3.49. The highest BCUT2D eigenvalue weighted by molar-refractivity contribution is 7.82. The number of rotatable bonds is 5. The van der Waals surface area contributed by atoms with E-state index in [0.29, 0.717) is 22.2 Å². The highest BCUT2D eigenvalue weighted by Gasteiger charge is 2.29. The molecule has 0 saturated carbocycles. The summed E-state index contributed by atoms with van der Waals surface area (Å²) in [5.41, 5.74) is 3.24. The third-order valence-electron chi connectivity index (χ3n) is 4.14. The first-order chi connectivity index (χ1) is 13.0. The lowest BCUT2D eigenvalue weighted by Gasteiger charge is -2.30. The first-order valence-corrected chi connectivity index (χ1v) is 9.10. The molecule has 6 heteroatoms. The Morgan fingerprint density at radius 2 is 1.96 bits per heavy atom. The van der Waals surface area contributed by atoms with E-state index in [2.05, 4.69) is 11.9 Å². The van der Waals surface area contributed by atoms with Crippen LogP contribution in [-0.2, 0) is 4.79 Å². The van der Waals surface area contributed by atoms with Gasteiger partial charge < -0.3 is 9.64 Å². The molecule has 0 aromatic heterocycles. The van der Waals surface area contributed by atoms with E-state index in [-0.39, 0.29) is 5.91 Å². The van der Waals surface area contributed by atoms with Crippen LogP contribution in [0.4, 0.5) is 0 Å². The van der Waals surface area contributed by atoms with E-state index < -0.39 is 0 Å². The molecule has 1 heterocycles. The first kappa shape index (κ1) is 18.9. The fourth-order valence-electron chi connectivity index (χ4n) is 2.82. The van der Waals surface area contributed by atoms with Crippen LogP contribution < -0.4 is 10.1 Å². The van der Waals surface area contributed by atoms with Crippen molar-refractivity contribution in [1.29, 1.82) is 0 Å². The number of ether oxygens (including phenoxy) is 1. The molecule has 0 unspecified atom stereocenters. The Kier molecular flexibility index (Phi) is 5.78. The number of amides is 1. The van der Waals surface area contributed by atoms with Gasteiger partial charge in [0.1, 0.15) is 10.7 Å². The lowest BCUT2D eigenvalue weighted by molar-refractivity contribution is -0.115. The number of benzene rings is 2. The number of thiocarbonyl (C=S) groups is 2. The van der Waals surface area contributed by atoms with Crippen molar-refractivity contribution in [2.45, 2.75) is 0 Å². The summed E-state index contributed by atoms with van der Waals surface area (Å²) in [6, 6.07) is 15.6. The maximum absolute atomic E-state index is 12.5. The summed E-state index contributed by atoms with van der Waals surface area (Å²) in [5, 5.41) is 2.98. The monoisotopic (exact) mass is 394 g/mol. The molecule has 27 heavy (non-hydrogen) atoms. The smallest absolute Gasteiger partial charge is 0.260 e. The zero-order chi connectivity index (χ0) is 19.4. The van der Waals surface area contributed by atoms with E-state index in [0.717, 1.165) is 22.4 Å². The van der Waals surface area contributed by atoms with E-state index in [1.54, 1.807) is 24.2 Å². The van der Waals surface area contributed by atoms with E-state index in [9.17, 15) is 4.79 Å². The Balaban J connectivity index is 2.06. The minimum Gasteiger partial charge on any atom is -0.497 e. The van der Waals surface area contributed by atoms with Gasteiger partial charge in [-0.3, -0.25) is 10.1 Å². The summed E-state index contributed by atoms with van der Waals surface area (Å²) in [5.74, 6) is 0.467. The topological polar surface area (TPSA) is 41.6 Å². The van der Waals surface area contributed by atoms with Gasteiger partial charge in [0, 0.05) is 6.54 Å². The average molecular weight is 395 g/mol. The molecule has 1 N–H and O–H groups in total. The SMILES string of the molecule is C=CCN1C(=S)NC(=O)C(=Cc2ccccc2-c2cccc(OC)c2)C1=S.